The van der Waals surface area contributed by atoms with Crippen molar-refractivity contribution in [3.8, 4) is 11.3 Å². The highest BCUT2D eigenvalue weighted by molar-refractivity contribution is 5.60. The van der Waals surface area contributed by atoms with Crippen molar-refractivity contribution >= 4 is 5.78 Å². The van der Waals surface area contributed by atoms with Gasteiger partial charge >= 0.3 is 0 Å². The highest BCUT2D eigenvalue weighted by Gasteiger charge is 2.08. The fraction of sp³-hybridized carbons (Fsp3) is 0.312. The van der Waals surface area contributed by atoms with Crippen molar-refractivity contribution in [2.45, 2.75) is 32.6 Å². The van der Waals surface area contributed by atoms with Crippen LogP contribution in [-0.4, -0.2) is 19.6 Å². The zero-order chi connectivity index (χ0) is 14.7. The summed E-state index contributed by atoms with van der Waals surface area (Å²) < 4.78 is 1.41. The maximum atomic E-state index is 12.2. The predicted octanol–water partition coefficient (Wildman–Crippen LogP) is 2.82. The van der Waals surface area contributed by atoms with Gasteiger partial charge in [0.15, 0.2) is 0 Å². The Bertz CT molecular complexity index is 789. The Morgan fingerprint density at radius 1 is 1.14 bits per heavy atom. The normalized spacial score (nSPS) is 11.1. The highest BCUT2D eigenvalue weighted by atomic mass is 16.1. The van der Waals surface area contributed by atoms with E-state index in [4.69, 9.17) is 0 Å². The molecule has 21 heavy (non-hydrogen) atoms. The van der Waals surface area contributed by atoms with Gasteiger partial charge in [-0.2, -0.15) is 9.50 Å². The average molecular weight is 282 g/mol. The number of hydrogen-bond donors (Lipinski definition) is 1. The molecule has 0 fully saturated rings. The van der Waals surface area contributed by atoms with Gasteiger partial charge in [0.25, 0.3) is 11.3 Å². The summed E-state index contributed by atoms with van der Waals surface area (Å²) in [5.41, 5.74) is 1.45. The van der Waals surface area contributed by atoms with Gasteiger partial charge in [0.1, 0.15) is 5.82 Å². The standard InChI is InChI=1S/C16H18N4O/c1-2-3-5-10-14-18-16-17-13(11-15(21)20(16)19-14)12-8-6-4-7-9-12/h4,6-9,11H,2-3,5,10H2,1H3,(H,17,18,19). The molecule has 2 heterocycles. The molecule has 5 heteroatoms. The molecule has 0 unspecified atom stereocenters. The van der Waals surface area contributed by atoms with Crippen molar-refractivity contribution in [3.63, 3.8) is 0 Å². The van der Waals surface area contributed by atoms with Crippen molar-refractivity contribution in [2.24, 2.45) is 0 Å². The third kappa shape index (κ3) is 2.86. The van der Waals surface area contributed by atoms with Crippen LogP contribution in [0.25, 0.3) is 17.0 Å². The predicted molar refractivity (Wildman–Crippen MR) is 82.3 cm³/mol. The van der Waals surface area contributed by atoms with Gasteiger partial charge in [-0.25, -0.2) is 4.98 Å². The van der Waals surface area contributed by atoms with Crippen molar-refractivity contribution in [3.05, 3.63) is 52.6 Å². The SMILES string of the molecule is CCCCCc1nc2nc(-c3ccccc3)cc(=O)n2[nH]1. The maximum absolute atomic E-state index is 12.2. The van der Waals surface area contributed by atoms with Crippen LogP contribution in [0, 0.1) is 0 Å². The Morgan fingerprint density at radius 2 is 1.95 bits per heavy atom. The largest absolute Gasteiger partial charge is 0.275 e. The lowest BCUT2D eigenvalue weighted by molar-refractivity contribution is 0.691. The number of nitrogens with zero attached hydrogens (tertiary/aromatic N) is 3. The van der Waals surface area contributed by atoms with Crippen LogP contribution in [0.2, 0.25) is 0 Å². The second kappa shape index (κ2) is 5.91. The van der Waals surface area contributed by atoms with Gasteiger partial charge in [0.05, 0.1) is 5.69 Å². The zero-order valence-electron chi connectivity index (χ0n) is 12.0. The average Bonchev–Trinajstić information content (AvgIpc) is 2.92. The third-order valence-corrected chi connectivity index (χ3v) is 3.46. The number of aromatic nitrogens is 4. The summed E-state index contributed by atoms with van der Waals surface area (Å²) in [6.45, 7) is 2.16. The number of aromatic amines is 1. The molecule has 0 aliphatic rings. The summed E-state index contributed by atoms with van der Waals surface area (Å²) in [7, 11) is 0. The number of nitrogens with one attached hydrogen (secondary N) is 1. The first kappa shape index (κ1) is 13.5. The van der Waals surface area contributed by atoms with Crippen molar-refractivity contribution in [2.75, 3.05) is 0 Å². The first-order chi connectivity index (χ1) is 10.3. The van der Waals surface area contributed by atoms with E-state index in [0.29, 0.717) is 11.5 Å². The number of rotatable bonds is 5. The molecule has 5 nitrogen and oxygen atoms in total. The molecule has 1 N–H and O–H groups in total. The second-order valence-corrected chi connectivity index (χ2v) is 5.11. The number of fused-ring (bicyclic) bond motifs is 1. The molecule has 0 spiro atoms. The monoisotopic (exact) mass is 282 g/mol. The summed E-state index contributed by atoms with van der Waals surface area (Å²) in [6.07, 6.45) is 4.24. The van der Waals surface area contributed by atoms with Gasteiger partial charge in [-0.1, -0.05) is 50.1 Å². The van der Waals surface area contributed by atoms with Crippen LogP contribution in [0.3, 0.4) is 0 Å². The lowest BCUT2D eigenvalue weighted by atomic mass is 10.1. The van der Waals surface area contributed by atoms with E-state index in [0.717, 1.165) is 37.1 Å². The summed E-state index contributed by atoms with van der Waals surface area (Å²) >= 11 is 0. The molecule has 1 aromatic carbocycles. The first-order valence-corrected chi connectivity index (χ1v) is 7.32. The molecule has 0 saturated carbocycles. The van der Waals surface area contributed by atoms with Gasteiger partial charge in [0, 0.05) is 18.1 Å². The van der Waals surface area contributed by atoms with E-state index in [2.05, 4.69) is 22.0 Å². The molecule has 0 aliphatic carbocycles. The molecule has 3 rings (SSSR count). The minimum atomic E-state index is -0.131. The summed E-state index contributed by atoms with van der Waals surface area (Å²) in [5, 5.41) is 3.03. The summed E-state index contributed by atoms with van der Waals surface area (Å²) in [5.74, 6) is 1.26. The molecule has 0 saturated heterocycles. The number of hydrogen-bond acceptors (Lipinski definition) is 3. The lowest BCUT2D eigenvalue weighted by Crippen LogP contribution is -2.14. The quantitative estimate of drug-likeness (QED) is 0.732. The Labute approximate surface area is 122 Å². The van der Waals surface area contributed by atoms with Gasteiger partial charge < -0.3 is 0 Å². The van der Waals surface area contributed by atoms with E-state index in [1.54, 1.807) is 0 Å². The van der Waals surface area contributed by atoms with Crippen molar-refractivity contribution in [1.82, 2.24) is 19.6 Å². The fourth-order valence-corrected chi connectivity index (χ4v) is 2.34. The molecule has 2 aromatic heterocycles. The summed E-state index contributed by atoms with van der Waals surface area (Å²) in [4.78, 5) is 21.1. The molecule has 0 bridgehead atoms. The van der Waals surface area contributed by atoms with E-state index in [9.17, 15) is 4.79 Å². The van der Waals surface area contributed by atoms with Gasteiger partial charge in [0.2, 0.25) is 0 Å². The van der Waals surface area contributed by atoms with Crippen molar-refractivity contribution in [1.29, 1.82) is 0 Å². The van der Waals surface area contributed by atoms with Crippen LogP contribution in [0.5, 0.6) is 0 Å². The fourth-order valence-electron chi connectivity index (χ4n) is 2.34. The Kier molecular flexibility index (Phi) is 3.81. The van der Waals surface area contributed by atoms with E-state index < -0.39 is 0 Å². The molecule has 0 aliphatic heterocycles. The summed E-state index contributed by atoms with van der Waals surface area (Å²) in [6, 6.07) is 11.2. The number of unbranched alkanes of at least 4 members (excludes halogenated alkanes) is 2. The van der Waals surface area contributed by atoms with Gasteiger partial charge in [-0.3, -0.25) is 9.89 Å². The molecule has 0 atom stereocenters. The van der Waals surface area contributed by atoms with Crippen LogP contribution < -0.4 is 5.56 Å². The Morgan fingerprint density at radius 3 is 2.71 bits per heavy atom. The van der Waals surface area contributed by atoms with Crippen LogP contribution in [-0.2, 0) is 6.42 Å². The van der Waals surface area contributed by atoms with Gasteiger partial charge in [-0.15, -0.1) is 0 Å². The molecule has 0 amide bonds. The molecule has 3 aromatic rings. The second-order valence-electron chi connectivity index (χ2n) is 5.11. The van der Waals surface area contributed by atoms with E-state index in [1.807, 2.05) is 30.3 Å². The Hall–Kier alpha value is -2.43. The number of aryl methyl sites for hydroxylation is 1. The van der Waals surface area contributed by atoms with Gasteiger partial charge in [-0.05, 0) is 6.42 Å². The van der Waals surface area contributed by atoms with Crippen LogP contribution in [0.15, 0.2) is 41.2 Å². The van der Waals surface area contributed by atoms with E-state index in [1.165, 1.54) is 10.6 Å². The third-order valence-electron chi connectivity index (χ3n) is 3.46. The zero-order valence-corrected chi connectivity index (χ0v) is 12.0. The topological polar surface area (TPSA) is 63.1 Å². The van der Waals surface area contributed by atoms with E-state index >= 15 is 0 Å². The molecule has 0 radical (unpaired) electrons. The lowest BCUT2D eigenvalue weighted by Gasteiger charge is -1.99. The van der Waals surface area contributed by atoms with Crippen LogP contribution >= 0.6 is 0 Å². The molecular weight excluding hydrogens is 264 g/mol. The first-order valence-electron chi connectivity index (χ1n) is 7.32. The minimum Gasteiger partial charge on any atom is -0.275 e. The van der Waals surface area contributed by atoms with Crippen LogP contribution in [0.4, 0.5) is 0 Å². The van der Waals surface area contributed by atoms with E-state index in [-0.39, 0.29) is 5.56 Å². The van der Waals surface area contributed by atoms with Crippen molar-refractivity contribution < 1.29 is 0 Å². The number of H-pyrrole nitrogens is 1. The maximum Gasteiger partial charge on any atom is 0.274 e. The smallest absolute Gasteiger partial charge is 0.274 e. The molecular formula is C16H18N4O. The highest BCUT2D eigenvalue weighted by Crippen LogP contribution is 2.15. The number of benzene rings is 1. The molecule has 108 valence electrons. The minimum absolute atomic E-state index is 0.131. The van der Waals surface area contributed by atoms with Crippen LogP contribution in [0.1, 0.15) is 32.0 Å². The Balaban J connectivity index is 1.98.